The molecule has 0 spiro atoms. The van der Waals surface area contributed by atoms with Crippen LogP contribution in [0.15, 0.2) is 24.3 Å². The molecule has 3 N–H and O–H groups in total. The van der Waals surface area contributed by atoms with E-state index in [1.807, 2.05) is 0 Å². The second kappa shape index (κ2) is 13.0. The number of carboxylic acid groups (broad SMARTS) is 2. The molecular weight excluding hydrogens is 422 g/mol. The zero-order valence-electron chi connectivity index (χ0n) is 17.6. The van der Waals surface area contributed by atoms with Crippen molar-refractivity contribution >= 4 is 17.8 Å². The van der Waals surface area contributed by atoms with E-state index in [1.54, 1.807) is 31.2 Å². The van der Waals surface area contributed by atoms with Crippen molar-refractivity contribution in [2.75, 3.05) is 26.4 Å². The van der Waals surface area contributed by atoms with Gasteiger partial charge in [-0.2, -0.15) is 0 Å². The summed E-state index contributed by atoms with van der Waals surface area (Å²) in [6.07, 6.45) is -0.239. The summed E-state index contributed by atoms with van der Waals surface area (Å²) >= 11 is 0. The number of aliphatic carboxylic acids is 2. The van der Waals surface area contributed by atoms with Gasteiger partial charge >= 0.3 is 11.9 Å². The van der Waals surface area contributed by atoms with Crippen LogP contribution >= 0.6 is 0 Å². The third-order valence-corrected chi connectivity index (χ3v) is 4.08. The number of hydrogen-bond donors (Lipinski definition) is 3. The Labute approximate surface area is 184 Å². The first kappa shape index (κ1) is 24.8. The molecule has 1 amide bonds. The van der Waals surface area contributed by atoms with Gasteiger partial charge in [0.15, 0.2) is 5.82 Å². The molecule has 0 atom stereocenters. The molecule has 0 radical (unpaired) electrons. The quantitative estimate of drug-likeness (QED) is 0.339. The van der Waals surface area contributed by atoms with Crippen LogP contribution in [-0.2, 0) is 30.3 Å². The van der Waals surface area contributed by atoms with E-state index in [2.05, 4.69) is 25.7 Å². The number of benzene rings is 1. The van der Waals surface area contributed by atoms with Crippen molar-refractivity contribution in [2.24, 2.45) is 0 Å². The van der Waals surface area contributed by atoms with Gasteiger partial charge in [-0.15, -0.1) is 20.4 Å². The van der Waals surface area contributed by atoms with Gasteiger partial charge in [0.2, 0.25) is 11.7 Å². The summed E-state index contributed by atoms with van der Waals surface area (Å²) in [7, 11) is 0. The Morgan fingerprint density at radius 2 is 1.44 bits per heavy atom. The van der Waals surface area contributed by atoms with Crippen LogP contribution in [0.2, 0.25) is 0 Å². The van der Waals surface area contributed by atoms with E-state index in [1.165, 1.54) is 0 Å². The van der Waals surface area contributed by atoms with E-state index in [9.17, 15) is 14.4 Å². The molecule has 0 bridgehead atoms. The number of ether oxygens (including phenoxy) is 2. The van der Waals surface area contributed by atoms with Gasteiger partial charge < -0.3 is 25.0 Å². The molecule has 12 nitrogen and oxygen atoms in total. The van der Waals surface area contributed by atoms with Crippen molar-refractivity contribution in [3.8, 4) is 11.4 Å². The van der Waals surface area contributed by atoms with Crippen molar-refractivity contribution in [1.29, 1.82) is 0 Å². The molecule has 0 aliphatic rings. The Morgan fingerprint density at radius 3 is 1.94 bits per heavy atom. The van der Waals surface area contributed by atoms with Crippen LogP contribution < -0.4 is 5.32 Å². The minimum absolute atomic E-state index is 0.0108. The Hall–Kier alpha value is -3.51. The first-order chi connectivity index (χ1) is 15.3. The summed E-state index contributed by atoms with van der Waals surface area (Å²) < 4.78 is 10.6. The zero-order valence-corrected chi connectivity index (χ0v) is 17.6. The molecule has 0 unspecified atom stereocenters. The molecule has 1 aromatic carbocycles. The van der Waals surface area contributed by atoms with Crippen LogP contribution in [0.5, 0.6) is 0 Å². The number of aromatic nitrogens is 4. The fourth-order valence-electron chi connectivity index (χ4n) is 2.53. The van der Waals surface area contributed by atoms with Crippen LogP contribution in [0.4, 0.5) is 0 Å². The third-order valence-electron chi connectivity index (χ3n) is 4.08. The average molecular weight is 447 g/mol. The van der Waals surface area contributed by atoms with Gasteiger partial charge in [-0.1, -0.05) is 24.3 Å². The Kier molecular flexibility index (Phi) is 10.1. The molecule has 1 aromatic heterocycles. The van der Waals surface area contributed by atoms with Crippen LogP contribution in [0.3, 0.4) is 0 Å². The lowest BCUT2D eigenvalue weighted by molar-refractivity contribution is -0.139. The van der Waals surface area contributed by atoms with Gasteiger partial charge in [0, 0.05) is 5.56 Å². The predicted octanol–water partition coefficient (Wildman–Crippen LogP) is 0.252. The van der Waals surface area contributed by atoms with Gasteiger partial charge in [0.1, 0.15) is 0 Å². The predicted molar refractivity (Wildman–Crippen MR) is 110 cm³/mol. The van der Waals surface area contributed by atoms with E-state index >= 15 is 0 Å². The lowest BCUT2D eigenvalue weighted by Gasteiger charge is -2.19. The molecule has 0 saturated carbocycles. The molecule has 0 aliphatic carbocycles. The maximum atomic E-state index is 12.4. The molecule has 12 heteroatoms. The van der Waals surface area contributed by atoms with Crippen LogP contribution in [0, 0.1) is 6.92 Å². The van der Waals surface area contributed by atoms with Crippen molar-refractivity contribution in [1.82, 2.24) is 25.7 Å². The van der Waals surface area contributed by atoms with Crippen molar-refractivity contribution < 1.29 is 34.1 Å². The minimum atomic E-state index is -0.991. The Morgan fingerprint density at radius 1 is 0.906 bits per heavy atom. The van der Waals surface area contributed by atoms with Gasteiger partial charge in [0.05, 0.1) is 51.7 Å². The largest absolute Gasteiger partial charge is 0.481 e. The highest BCUT2D eigenvalue weighted by atomic mass is 16.5. The van der Waals surface area contributed by atoms with Gasteiger partial charge in [-0.3, -0.25) is 14.4 Å². The lowest BCUT2D eigenvalue weighted by atomic mass is 10.1. The summed E-state index contributed by atoms with van der Waals surface area (Å²) in [6, 6.07) is 6.50. The fourth-order valence-corrected chi connectivity index (χ4v) is 2.53. The van der Waals surface area contributed by atoms with Crippen molar-refractivity contribution in [3.05, 3.63) is 35.7 Å². The van der Waals surface area contributed by atoms with Gasteiger partial charge in [0.25, 0.3) is 0 Å². The Balaban J connectivity index is 1.88. The number of amides is 1. The number of carboxylic acids is 2. The third kappa shape index (κ3) is 9.53. The van der Waals surface area contributed by atoms with Crippen molar-refractivity contribution in [2.45, 2.75) is 32.2 Å². The highest BCUT2D eigenvalue weighted by Gasteiger charge is 2.15. The lowest BCUT2D eigenvalue weighted by Crippen LogP contribution is -2.42. The molecule has 172 valence electrons. The number of carbonyl (C=O) groups excluding carboxylic acids is 1. The number of rotatable bonds is 14. The minimum Gasteiger partial charge on any atom is -0.481 e. The van der Waals surface area contributed by atoms with E-state index in [0.29, 0.717) is 17.2 Å². The average Bonchev–Trinajstić information content (AvgIpc) is 2.75. The topological polar surface area (TPSA) is 174 Å². The molecule has 2 rings (SSSR count). The van der Waals surface area contributed by atoms with Gasteiger partial charge in [-0.05, 0) is 12.5 Å². The Bertz CT molecular complexity index is 868. The van der Waals surface area contributed by atoms with E-state index in [4.69, 9.17) is 19.7 Å². The number of aryl methyl sites for hydroxylation is 1. The van der Waals surface area contributed by atoms with Crippen LogP contribution in [0.25, 0.3) is 11.4 Å². The number of nitrogens with zero attached hydrogens (tertiary/aromatic N) is 4. The second-order valence-corrected chi connectivity index (χ2v) is 6.85. The summed E-state index contributed by atoms with van der Waals surface area (Å²) in [6.45, 7) is 1.74. The maximum Gasteiger partial charge on any atom is 0.305 e. The smallest absolute Gasteiger partial charge is 0.305 e. The summed E-state index contributed by atoms with van der Waals surface area (Å²) in [5.74, 6) is -1.43. The number of hydrogen-bond acceptors (Lipinski definition) is 9. The fraction of sp³-hybridized carbons (Fsp3) is 0.450. The highest BCUT2D eigenvalue weighted by Crippen LogP contribution is 2.14. The first-order valence-corrected chi connectivity index (χ1v) is 9.85. The second-order valence-electron chi connectivity index (χ2n) is 6.85. The van der Waals surface area contributed by atoms with Crippen LogP contribution in [-0.4, -0.2) is 80.9 Å². The molecule has 0 saturated heterocycles. The van der Waals surface area contributed by atoms with E-state index < -0.39 is 18.0 Å². The SMILES string of the molecule is Cc1nnc(-c2ccc(CC(=O)NC(COCCC(=O)O)COCCC(=O)O)cc2)nn1. The van der Waals surface area contributed by atoms with E-state index in [0.717, 1.165) is 5.56 Å². The normalized spacial score (nSPS) is 10.8. The monoisotopic (exact) mass is 447 g/mol. The van der Waals surface area contributed by atoms with Crippen molar-refractivity contribution in [3.63, 3.8) is 0 Å². The molecule has 1 heterocycles. The number of nitrogens with one attached hydrogen (secondary N) is 1. The zero-order chi connectivity index (χ0) is 23.3. The van der Waals surface area contributed by atoms with Crippen LogP contribution in [0.1, 0.15) is 24.2 Å². The maximum absolute atomic E-state index is 12.4. The number of carbonyl (C=O) groups is 3. The molecule has 32 heavy (non-hydrogen) atoms. The summed E-state index contributed by atoms with van der Waals surface area (Å²) in [5, 5.41) is 35.8. The first-order valence-electron chi connectivity index (χ1n) is 9.85. The van der Waals surface area contributed by atoms with E-state index in [-0.39, 0.29) is 51.6 Å². The molecular formula is C20H25N5O7. The van der Waals surface area contributed by atoms with Gasteiger partial charge in [-0.25, -0.2) is 0 Å². The molecule has 0 aliphatic heterocycles. The molecule has 2 aromatic rings. The molecule has 0 fully saturated rings. The summed E-state index contributed by atoms with van der Waals surface area (Å²) in [4.78, 5) is 33.6. The highest BCUT2D eigenvalue weighted by molar-refractivity contribution is 5.79. The summed E-state index contributed by atoms with van der Waals surface area (Å²) in [5.41, 5.74) is 1.46. The standard InChI is InChI=1S/C20H25N5O7/c1-13-22-24-20(25-23-13)15-4-2-14(3-5-15)10-17(26)21-16(11-31-8-6-18(27)28)12-32-9-7-19(29)30/h2-5,16H,6-12H2,1H3,(H,21,26)(H,27,28)(H,29,30).